The average molecular weight is 417 g/mol. The van der Waals surface area contributed by atoms with E-state index in [1.165, 1.54) is 0 Å². The molecule has 1 heterocycles. The van der Waals surface area contributed by atoms with E-state index in [0.29, 0.717) is 27.2 Å². The van der Waals surface area contributed by atoms with Crippen molar-refractivity contribution in [1.29, 1.82) is 0 Å². The lowest BCUT2D eigenvalue weighted by Gasteiger charge is -2.16. The number of oxazole rings is 1. The Bertz CT molecular complexity index is 1010. The molecule has 1 saturated carbocycles. The molecule has 0 radical (unpaired) electrons. The third kappa shape index (κ3) is 4.18. The van der Waals surface area contributed by atoms with Crippen LogP contribution in [-0.2, 0) is 0 Å². The van der Waals surface area contributed by atoms with Gasteiger partial charge in [0.05, 0.1) is 5.02 Å². The summed E-state index contributed by atoms with van der Waals surface area (Å²) in [4.78, 5) is 17.4. The molecule has 4 rings (SSSR count). The van der Waals surface area contributed by atoms with Crippen LogP contribution < -0.4 is 5.32 Å². The molecule has 2 atom stereocenters. The number of aromatic nitrogens is 1. The molecule has 0 amide bonds. The van der Waals surface area contributed by atoms with Gasteiger partial charge in [-0.25, -0.2) is 0 Å². The van der Waals surface area contributed by atoms with Crippen LogP contribution in [0.4, 0.5) is 6.01 Å². The van der Waals surface area contributed by atoms with Gasteiger partial charge in [0.1, 0.15) is 5.52 Å². The fraction of sp³-hybridized carbons (Fsp3) is 0.364. The Morgan fingerprint density at radius 3 is 2.79 bits per heavy atom. The van der Waals surface area contributed by atoms with Crippen molar-refractivity contribution in [3.63, 3.8) is 0 Å². The molecule has 28 heavy (non-hydrogen) atoms. The van der Waals surface area contributed by atoms with E-state index in [1.807, 2.05) is 31.2 Å². The van der Waals surface area contributed by atoms with Gasteiger partial charge in [0.15, 0.2) is 11.4 Å². The molecular weight excluding hydrogens is 395 g/mol. The Labute approximate surface area is 174 Å². The van der Waals surface area contributed by atoms with Crippen molar-refractivity contribution in [2.24, 2.45) is 5.92 Å². The maximum Gasteiger partial charge on any atom is 0.295 e. The molecule has 1 aliphatic rings. The lowest BCUT2D eigenvalue weighted by molar-refractivity contribution is 0.0908. The number of fused-ring (bicyclic) bond motifs is 1. The summed E-state index contributed by atoms with van der Waals surface area (Å²) in [5, 5.41) is 4.57. The second-order valence-electron chi connectivity index (χ2n) is 7.53. The third-order valence-electron chi connectivity index (χ3n) is 5.41. The number of rotatable bonds is 4. The summed E-state index contributed by atoms with van der Waals surface area (Å²) in [6, 6.07) is 11.8. The van der Waals surface area contributed by atoms with E-state index >= 15 is 0 Å². The van der Waals surface area contributed by atoms with Gasteiger partial charge in [-0.15, -0.1) is 0 Å². The molecule has 0 saturated heterocycles. The molecule has 3 aromatic rings. The third-order valence-corrected chi connectivity index (χ3v) is 5.96. The van der Waals surface area contributed by atoms with Gasteiger partial charge < -0.3 is 9.73 Å². The van der Waals surface area contributed by atoms with Crippen molar-refractivity contribution in [3.8, 4) is 0 Å². The van der Waals surface area contributed by atoms with Crippen LogP contribution in [0.2, 0.25) is 10.0 Å². The van der Waals surface area contributed by atoms with Crippen LogP contribution in [-0.4, -0.2) is 16.8 Å². The van der Waals surface area contributed by atoms with E-state index in [2.05, 4.69) is 10.3 Å². The minimum atomic E-state index is 0.00875. The Morgan fingerprint density at radius 1 is 1.11 bits per heavy atom. The fourth-order valence-electron chi connectivity index (χ4n) is 3.88. The van der Waals surface area contributed by atoms with Gasteiger partial charge in [-0.05, 0) is 62.4 Å². The van der Waals surface area contributed by atoms with Crippen LogP contribution in [0.1, 0.15) is 48.0 Å². The molecule has 2 aromatic carbocycles. The minimum Gasteiger partial charge on any atom is -0.423 e. The van der Waals surface area contributed by atoms with E-state index in [4.69, 9.17) is 27.6 Å². The zero-order chi connectivity index (χ0) is 19.7. The first kappa shape index (κ1) is 19.3. The maximum atomic E-state index is 13.0. The summed E-state index contributed by atoms with van der Waals surface area (Å²) >= 11 is 12.3. The lowest BCUT2D eigenvalue weighted by Crippen LogP contribution is -2.19. The molecule has 146 valence electrons. The highest BCUT2D eigenvalue weighted by Crippen LogP contribution is 2.31. The van der Waals surface area contributed by atoms with Crippen LogP contribution in [0.5, 0.6) is 0 Å². The van der Waals surface area contributed by atoms with Crippen molar-refractivity contribution in [2.45, 2.75) is 45.1 Å². The van der Waals surface area contributed by atoms with Gasteiger partial charge in [-0.1, -0.05) is 35.7 Å². The first-order valence-corrected chi connectivity index (χ1v) is 10.4. The fourth-order valence-corrected chi connectivity index (χ4v) is 4.37. The summed E-state index contributed by atoms with van der Waals surface area (Å²) in [6.07, 6.45) is 4.55. The number of hydrogen-bond donors (Lipinski definition) is 1. The summed E-state index contributed by atoms with van der Waals surface area (Å²) in [5.41, 5.74) is 3.15. The average Bonchev–Trinajstić information content (AvgIpc) is 2.89. The molecule has 1 aromatic heterocycles. The van der Waals surface area contributed by atoms with Gasteiger partial charge in [0, 0.05) is 28.6 Å². The maximum absolute atomic E-state index is 13.0. The number of anilines is 1. The zero-order valence-electron chi connectivity index (χ0n) is 15.7. The standard InChI is InChI=1S/C22H22Cl2N2O2/c1-13-5-9-17(18(24)11-13)21(27)14-3-2-4-16(8-6-14)25-22-26-19-10-7-15(23)12-20(19)28-22/h5,7,9-12,14,16H,2-4,6,8H2,1H3,(H,25,26)/t14?,16-/m0/s1. The largest absolute Gasteiger partial charge is 0.423 e. The van der Waals surface area contributed by atoms with Crippen molar-refractivity contribution >= 4 is 46.1 Å². The molecule has 0 aliphatic heterocycles. The number of Topliss-reactive ketones (excluding diaryl/α,β-unsaturated/α-hetero) is 1. The Balaban J connectivity index is 1.42. The molecule has 1 aliphatic carbocycles. The monoisotopic (exact) mass is 416 g/mol. The topological polar surface area (TPSA) is 55.1 Å². The quantitative estimate of drug-likeness (QED) is 0.380. The summed E-state index contributed by atoms with van der Waals surface area (Å²) in [7, 11) is 0. The molecule has 6 heteroatoms. The summed E-state index contributed by atoms with van der Waals surface area (Å²) in [6.45, 7) is 1.97. The molecule has 1 N–H and O–H groups in total. The van der Waals surface area contributed by atoms with E-state index in [1.54, 1.807) is 12.1 Å². The van der Waals surface area contributed by atoms with E-state index < -0.39 is 0 Å². The number of nitrogens with one attached hydrogen (secondary N) is 1. The van der Waals surface area contributed by atoms with E-state index in [9.17, 15) is 4.79 Å². The number of nitrogens with zero attached hydrogens (tertiary/aromatic N) is 1. The molecule has 0 spiro atoms. The number of halogens is 2. The normalized spacial score (nSPS) is 20.1. The lowest BCUT2D eigenvalue weighted by atomic mass is 9.90. The Hall–Kier alpha value is -2.04. The Morgan fingerprint density at radius 2 is 1.96 bits per heavy atom. The number of carbonyl (C=O) groups excluding carboxylic acids is 1. The van der Waals surface area contributed by atoms with Crippen LogP contribution in [0, 0.1) is 12.8 Å². The van der Waals surface area contributed by atoms with Crippen molar-refractivity contribution in [2.75, 3.05) is 5.32 Å². The van der Waals surface area contributed by atoms with Crippen molar-refractivity contribution in [1.82, 2.24) is 4.98 Å². The minimum absolute atomic E-state index is 0.00875. The number of hydrogen-bond acceptors (Lipinski definition) is 4. The summed E-state index contributed by atoms with van der Waals surface area (Å²) < 4.78 is 5.77. The SMILES string of the molecule is Cc1ccc(C(=O)C2CCC[C@H](Nc3nc4ccc(Cl)cc4o3)CC2)c(Cl)c1. The van der Waals surface area contributed by atoms with Crippen molar-refractivity contribution in [3.05, 3.63) is 57.6 Å². The summed E-state index contributed by atoms with van der Waals surface area (Å²) in [5.74, 6) is 0.164. The zero-order valence-corrected chi connectivity index (χ0v) is 17.2. The van der Waals surface area contributed by atoms with Crippen LogP contribution in [0.3, 0.4) is 0 Å². The number of ketones is 1. The van der Waals surface area contributed by atoms with E-state index in [-0.39, 0.29) is 17.7 Å². The van der Waals surface area contributed by atoms with Gasteiger partial charge >= 0.3 is 0 Å². The predicted molar refractivity (Wildman–Crippen MR) is 114 cm³/mol. The first-order chi connectivity index (χ1) is 13.5. The van der Waals surface area contributed by atoms with E-state index in [0.717, 1.165) is 43.2 Å². The number of aryl methyl sites for hydroxylation is 1. The molecule has 0 bridgehead atoms. The predicted octanol–water partition coefficient (Wildman–Crippen LogP) is 6.69. The number of benzene rings is 2. The van der Waals surface area contributed by atoms with Gasteiger partial charge in [-0.3, -0.25) is 4.79 Å². The number of carbonyl (C=O) groups is 1. The molecule has 4 nitrogen and oxygen atoms in total. The highest BCUT2D eigenvalue weighted by atomic mass is 35.5. The highest BCUT2D eigenvalue weighted by molar-refractivity contribution is 6.34. The first-order valence-electron chi connectivity index (χ1n) is 9.62. The van der Waals surface area contributed by atoms with Gasteiger partial charge in [0.2, 0.25) is 0 Å². The second kappa shape index (κ2) is 8.14. The van der Waals surface area contributed by atoms with Crippen LogP contribution in [0.15, 0.2) is 40.8 Å². The van der Waals surface area contributed by atoms with Crippen LogP contribution in [0.25, 0.3) is 11.1 Å². The molecule has 1 fully saturated rings. The molecular formula is C22H22Cl2N2O2. The van der Waals surface area contributed by atoms with Crippen LogP contribution >= 0.6 is 23.2 Å². The highest BCUT2D eigenvalue weighted by Gasteiger charge is 2.26. The van der Waals surface area contributed by atoms with Gasteiger partial charge in [0.25, 0.3) is 6.01 Å². The second-order valence-corrected chi connectivity index (χ2v) is 8.37. The van der Waals surface area contributed by atoms with Crippen molar-refractivity contribution < 1.29 is 9.21 Å². The Kier molecular flexibility index (Phi) is 5.61. The smallest absolute Gasteiger partial charge is 0.295 e. The van der Waals surface area contributed by atoms with Gasteiger partial charge in [-0.2, -0.15) is 4.98 Å². The molecule has 1 unspecified atom stereocenters.